The molecule has 17 heteroatoms. The molecule has 2 aliphatic heterocycles. The number of likely N-dealkylation sites (tertiary alicyclic amines) is 2. The molecule has 0 radical (unpaired) electrons. The number of ether oxygens (including phenoxy) is 1. The van der Waals surface area contributed by atoms with Gasteiger partial charge < -0.3 is 24.8 Å². The van der Waals surface area contributed by atoms with Gasteiger partial charge in [0.25, 0.3) is 11.8 Å². The summed E-state index contributed by atoms with van der Waals surface area (Å²) in [6, 6.07) is 42.8. The zero-order chi connectivity index (χ0) is 54.2. The number of benzene rings is 5. The van der Waals surface area contributed by atoms with E-state index >= 15 is 0 Å². The van der Waals surface area contributed by atoms with Gasteiger partial charge in [0.15, 0.2) is 0 Å². The van der Waals surface area contributed by atoms with Crippen LogP contribution in [0.25, 0.3) is 22.5 Å². The number of piperidine rings is 2. The summed E-state index contributed by atoms with van der Waals surface area (Å²) in [4.78, 5) is 76.4. The third-order valence-electron chi connectivity index (χ3n) is 13.4. The summed E-state index contributed by atoms with van der Waals surface area (Å²) in [6.07, 6.45) is 12.7. The molecule has 0 aliphatic carbocycles. The number of nitrogens with one attached hydrogen (secondary N) is 3. The van der Waals surface area contributed by atoms with Crippen LogP contribution in [-0.2, 0) is 22.9 Å². The predicted molar refractivity (Wildman–Crippen MR) is 298 cm³/mol. The molecule has 7 aromatic rings. The molecule has 0 spiro atoms. The lowest BCUT2D eigenvalue weighted by atomic mass is 10.0. The van der Waals surface area contributed by atoms with Crippen molar-refractivity contribution < 1.29 is 33.6 Å². The van der Waals surface area contributed by atoms with E-state index in [9.17, 15) is 19.2 Å². The molecule has 77 heavy (non-hydrogen) atoms. The molecule has 2 aromatic heterocycles. The molecular weight excluding hydrogens is 973 g/mol. The Balaban J connectivity index is 0.000000188. The fourth-order valence-corrected chi connectivity index (χ4v) is 9.01. The topological polar surface area (TPSA) is 177 Å². The van der Waals surface area contributed by atoms with Crippen LogP contribution in [-0.4, -0.2) is 123 Å². The lowest BCUT2D eigenvalue weighted by Crippen LogP contribution is -2.46. The van der Waals surface area contributed by atoms with E-state index in [1.807, 2.05) is 84.7 Å². The summed E-state index contributed by atoms with van der Waals surface area (Å²) in [6.45, 7) is 12.0. The summed E-state index contributed by atoms with van der Waals surface area (Å²) in [5.41, 5.74) is 10.3. The van der Waals surface area contributed by atoms with Gasteiger partial charge >= 0.3 is 12.1 Å². The van der Waals surface area contributed by atoms with Crippen LogP contribution in [0.5, 0.6) is 5.75 Å². The van der Waals surface area contributed by atoms with Crippen LogP contribution in [0.1, 0.15) is 84.2 Å². The van der Waals surface area contributed by atoms with Crippen LogP contribution in [0.15, 0.2) is 165 Å². The van der Waals surface area contributed by atoms with Crippen molar-refractivity contribution in [3.05, 3.63) is 187 Å². The highest BCUT2D eigenvalue weighted by atomic mass is 16.7. The van der Waals surface area contributed by atoms with Crippen LogP contribution < -0.4 is 21.0 Å². The molecule has 17 nitrogen and oxygen atoms in total. The van der Waals surface area contributed by atoms with Crippen molar-refractivity contribution in [2.24, 2.45) is 0 Å². The molecule has 5 aromatic carbocycles. The third-order valence-corrected chi connectivity index (χ3v) is 13.4. The number of hydrogen-bond acceptors (Lipinski definition) is 12. The smallest absolute Gasteiger partial charge is 0.410 e. The Bertz CT molecular complexity index is 2900. The van der Waals surface area contributed by atoms with Crippen molar-refractivity contribution >= 4 is 23.9 Å². The molecule has 3 N–H and O–H groups in total. The number of hydroxylamine groups is 2. The average Bonchev–Trinajstić information content (AvgIpc) is 4.20. The summed E-state index contributed by atoms with van der Waals surface area (Å²) in [5, 5.41) is 3.34. The second kappa shape index (κ2) is 30.1. The first-order chi connectivity index (χ1) is 37.6. The molecule has 0 bridgehead atoms. The van der Waals surface area contributed by atoms with Gasteiger partial charge in [-0.15, -0.1) is 0 Å². The zero-order valence-corrected chi connectivity index (χ0v) is 44.6. The first-order valence-corrected chi connectivity index (χ1v) is 26.5. The molecule has 2 saturated heterocycles. The van der Waals surface area contributed by atoms with Gasteiger partial charge in [0.05, 0.1) is 24.6 Å². The first-order valence-electron chi connectivity index (χ1n) is 26.5. The second-order valence-electron chi connectivity index (χ2n) is 19.0. The number of para-hydroxylation sites is 1. The van der Waals surface area contributed by atoms with Crippen molar-refractivity contribution in [3.63, 3.8) is 0 Å². The molecule has 0 unspecified atom stereocenters. The Morgan fingerprint density at radius 2 is 1.04 bits per heavy atom. The van der Waals surface area contributed by atoms with Crippen LogP contribution >= 0.6 is 0 Å². The van der Waals surface area contributed by atoms with Gasteiger partial charge in [0, 0.05) is 66.9 Å². The largest absolute Gasteiger partial charge is 0.424 e. The van der Waals surface area contributed by atoms with Gasteiger partial charge in [-0.25, -0.2) is 35.1 Å². The lowest BCUT2D eigenvalue weighted by Gasteiger charge is -2.36. The fraction of sp³-hybridized carbons (Fsp3) is 0.333. The minimum Gasteiger partial charge on any atom is -0.410 e. The zero-order valence-electron chi connectivity index (χ0n) is 44.6. The maximum Gasteiger partial charge on any atom is 0.424 e. The highest BCUT2D eigenvalue weighted by Gasteiger charge is 2.26. The SMILES string of the molecule is CCCN1CCC(N(C)C(=O)n2cnc(-c3cccc(C(=O)NOCc4ccccc4)c3)c2)CC1.CCCN1CCC(NC)CC1.O=C(NOCc1ccccc1)c1cccc(-c2cn(C(=O)Oc3ccccc3)cn2)c1. The van der Waals surface area contributed by atoms with Gasteiger partial charge in [0.2, 0.25) is 0 Å². The van der Waals surface area contributed by atoms with Crippen molar-refractivity contribution in [2.45, 2.75) is 77.7 Å². The Morgan fingerprint density at radius 3 is 1.52 bits per heavy atom. The Kier molecular flexibility index (Phi) is 22.2. The van der Waals surface area contributed by atoms with E-state index in [1.54, 1.807) is 79.1 Å². The normalized spacial score (nSPS) is 14.0. The van der Waals surface area contributed by atoms with E-state index in [-0.39, 0.29) is 37.1 Å². The third kappa shape index (κ3) is 17.6. The number of amides is 3. The first kappa shape index (κ1) is 56.9. The molecular formula is C60H72N10O7. The van der Waals surface area contributed by atoms with Gasteiger partial charge in [-0.1, -0.05) is 117 Å². The van der Waals surface area contributed by atoms with E-state index in [0.717, 1.165) is 61.6 Å². The van der Waals surface area contributed by atoms with Crippen LogP contribution in [0.2, 0.25) is 0 Å². The molecule has 9 rings (SSSR count). The predicted octanol–water partition coefficient (Wildman–Crippen LogP) is 9.72. The Morgan fingerprint density at radius 1 is 0.584 bits per heavy atom. The maximum absolute atomic E-state index is 13.1. The number of carbonyl (C=O) groups is 4. The number of hydrogen-bond donors (Lipinski definition) is 3. The highest BCUT2D eigenvalue weighted by Crippen LogP contribution is 2.22. The minimum absolute atomic E-state index is 0.0964. The minimum atomic E-state index is -0.576. The van der Waals surface area contributed by atoms with E-state index in [4.69, 9.17) is 14.4 Å². The monoisotopic (exact) mass is 1040 g/mol. The lowest BCUT2D eigenvalue weighted by molar-refractivity contribution is 0.0231. The maximum atomic E-state index is 13.1. The van der Waals surface area contributed by atoms with E-state index in [2.05, 4.69) is 56.9 Å². The number of imidazole rings is 2. The van der Waals surface area contributed by atoms with Crippen molar-refractivity contribution in [1.29, 1.82) is 0 Å². The molecule has 3 amide bonds. The summed E-state index contributed by atoms with van der Waals surface area (Å²) in [5.74, 6) is -0.273. The standard InChI is InChI=1S/C27H33N5O3.C24H19N3O4.C9H20N2/c1-3-14-31-15-12-24(13-16-31)30(2)27(34)32-18-25(28-20-32)22-10-7-11-23(17-22)26(33)29-35-19-21-8-5-4-6-9-21;28-23(26-30-16-18-8-3-1-4-9-18)20-11-7-10-19(14-20)22-15-27(17-25-22)24(29)31-21-12-5-2-6-13-21;1-3-6-11-7-4-9(10-2)5-8-11/h4-11,17-18,20,24H,3,12-16,19H2,1-2H3,(H,29,33);1-15,17H,16H2,(H,26,28);9-10H,3-8H2,1-2H3. The molecule has 2 aliphatic rings. The average molecular weight is 1050 g/mol. The van der Waals surface area contributed by atoms with Crippen LogP contribution in [0.4, 0.5) is 9.59 Å². The summed E-state index contributed by atoms with van der Waals surface area (Å²) < 4.78 is 8.06. The van der Waals surface area contributed by atoms with Crippen LogP contribution in [0, 0.1) is 0 Å². The summed E-state index contributed by atoms with van der Waals surface area (Å²) >= 11 is 0. The van der Waals surface area contributed by atoms with Crippen molar-refractivity contribution in [1.82, 2.24) is 50.1 Å². The van der Waals surface area contributed by atoms with Gasteiger partial charge in [-0.2, -0.15) is 0 Å². The van der Waals surface area contributed by atoms with E-state index in [0.29, 0.717) is 33.8 Å². The Labute approximate surface area is 452 Å². The summed E-state index contributed by atoms with van der Waals surface area (Å²) in [7, 11) is 3.93. The van der Waals surface area contributed by atoms with Crippen molar-refractivity contribution in [2.75, 3.05) is 53.4 Å². The highest BCUT2D eigenvalue weighted by molar-refractivity contribution is 5.95. The number of rotatable bonds is 17. The number of carbonyl (C=O) groups excluding carboxylic acids is 4. The molecule has 4 heterocycles. The van der Waals surface area contributed by atoms with Gasteiger partial charge in [0.1, 0.15) is 18.4 Å². The van der Waals surface area contributed by atoms with E-state index < -0.39 is 6.09 Å². The molecule has 2 fully saturated rings. The quantitative estimate of drug-likeness (QED) is 0.0737. The number of nitrogens with zero attached hydrogens (tertiary/aromatic N) is 7. The molecule has 0 atom stereocenters. The number of aromatic nitrogens is 4. The van der Waals surface area contributed by atoms with Gasteiger partial charge in [-0.05, 0) is 119 Å². The second-order valence-corrected chi connectivity index (χ2v) is 19.0. The molecule has 0 saturated carbocycles. The Hall–Kier alpha value is -7.80. The fourth-order valence-electron chi connectivity index (χ4n) is 9.01. The van der Waals surface area contributed by atoms with Crippen LogP contribution in [0.3, 0.4) is 0 Å². The van der Waals surface area contributed by atoms with Gasteiger partial charge in [-0.3, -0.25) is 23.8 Å². The molecule has 404 valence electrons. The van der Waals surface area contributed by atoms with Crippen molar-refractivity contribution in [3.8, 4) is 28.3 Å². The van der Waals surface area contributed by atoms with E-state index in [1.165, 1.54) is 60.7 Å².